The highest BCUT2D eigenvalue weighted by molar-refractivity contribution is 5.88. The van der Waals surface area contributed by atoms with Crippen LogP contribution in [0.2, 0.25) is 0 Å². The number of aliphatic hydroxyl groups is 1. The van der Waals surface area contributed by atoms with Crippen molar-refractivity contribution in [3.63, 3.8) is 0 Å². The van der Waals surface area contributed by atoms with E-state index in [0.717, 1.165) is 44.2 Å². The van der Waals surface area contributed by atoms with E-state index in [4.69, 9.17) is 0 Å². The molecule has 2 fully saturated rings. The van der Waals surface area contributed by atoms with E-state index in [-0.39, 0.29) is 11.5 Å². The topological polar surface area (TPSA) is 60.8 Å². The fraction of sp³-hybridized carbons (Fsp3) is 0.588. The van der Waals surface area contributed by atoms with Crippen LogP contribution in [0.5, 0.6) is 0 Å². The molecule has 0 radical (unpaired) electrons. The van der Waals surface area contributed by atoms with Crippen LogP contribution in [0.3, 0.4) is 0 Å². The average molecular weight is 287 g/mol. The maximum Gasteiger partial charge on any atom is 0.335 e. The first-order chi connectivity index (χ1) is 9.98. The molecule has 0 amide bonds. The van der Waals surface area contributed by atoms with E-state index in [1.54, 1.807) is 6.07 Å². The number of fused-ring (bicyclic) bond motifs is 1. The summed E-state index contributed by atoms with van der Waals surface area (Å²) in [7, 11) is 2.10. The number of likely N-dealkylation sites (N-methyl/N-ethyl adjacent to an activating group) is 1. The van der Waals surface area contributed by atoms with Crippen molar-refractivity contribution in [1.82, 2.24) is 4.90 Å². The van der Waals surface area contributed by atoms with Crippen LogP contribution in [0.4, 0.5) is 0 Å². The molecule has 1 heterocycles. The summed E-state index contributed by atoms with van der Waals surface area (Å²) < 4.78 is 0. The Morgan fingerprint density at radius 2 is 2.14 bits per heavy atom. The number of hydrogen-bond acceptors (Lipinski definition) is 3. The number of carboxylic acids is 1. The molecule has 4 heteroatoms. The lowest BCUT2D eigenvalue weighted by atomic mass is 9.56. The van der Waals surface area contributed by atoms with Gasteiger partial charge >= 0.3 is 5.97 Å². The fourth-order valence-corrected chi connectivity index (χ4v) is 5.20. The Hall–Kier alpha value is -1.39. The zero-order valence-electron chi connectivity index (χ0n) is 12.3. The van der Waals surface area contributed by atoms with Gasteiger partial charge in [-0.2, -0.15) is 0 Å². The molecule has 4 nitrogen and oxygen atoms in total. The van der Waals surface area contributed by atoms with Crippen molar-refractivity contribution in [2.45, 2.75) is 49.2 Å². The second-order valence-electron chi connectivity index (χ2n) is 6.99. The van der Waals surface area contributed by atoms with Gasteiger partial charge in [0.25, 0.3) is 0 Å². The van der Waals surface area contributed by atoms with Gasteiger partial charge in [0, 0.05) is 11.5 Å². The standard InChI is InChI=1S/C17H21NO3/c1-18-8-7-16-5-2-6-17(16,21)14(18)10-11-3-4-12(15(19)20)9-13(11)16/h3-4,9,14,21H,2,5-8,10H2,1H3,(H,19,20)/t14-,16+,17-/m1/s1. The molecule has 3 atom stereocenters. The molecule has 1 saturated heterocycles. The van der Waals surface area contributed by atoms with E-state index in [2.05, 4.69) is 11.9 Å². The van der Waals surface area contributed by atoms with Crippen LogP contribution in [-0.2, 0) is 11.8 Å². The third-order valence-electron chi connectivity index (χ3n) is 6.25. The Balaban J connectivity index is 1.95. The van der Waals surface area contributed by atoms with Crippen molar-refractivity contribution in [3.8, 4) is 0 Å². The van der Waals surface area contributed by atoms with E-state index in [1.807, 2.05) is 12.1 Å². The Morgan fingerprint density at radius 3 is 2.90 bits per heavy atom. The number of piperidine rings is 1. The second-order valence-corrected chi connectivity index (χ2v) is 6.99. The van der Waals surface area contributed by atoms with Gasteiger partial charge in [-0.1, -0.05) is 6.07 Å². The molecule has 112 valence electrons. The Morgan fingerprint density at radius 1 is 1.33 bits per heavy atom. The minimum atomic E-state index is -0.884. The number of likely N-dealkylation sites (tertiary alicyclic amines) is 1. The van der Waals surface area contributed by atoms with E-state index in [1.165, 1.54) is 5.56 Å². The lowest BCUT2D eigenvalue weighted by molar-refractivity contribution is -0.123. The van der Waals surface area contributed by atoms with Crippen molar-refractivity contribution in [1.29, 1.82) is 0 Å². The molecule has 1 aromatic rings. The lowest BCUT2D eigenvalue weighted by Crippen LogP contribution is -2.68. The first-order valence-corrected chi connectivity index (χ1v) is 7.77. The summed E-state index contributed by atoms with van der Waals surface area (Å²) in [5, 5.41) is 20.7. The second kappa shape index (κ2) is 4.08. The predicted octanol–water partition coefficient (Wildman–Crippen LogP) is 1.80. The summed E-state index contributed by atoms with van der Waals surface area (Å²) >= 11 is 0. The summed E-state index contributed by atoms with van der Waals surface area (Å²) in [4.78, 5) is 13.6. The fourth-order valence-electron chi connectivity index (χ4n) is 5.20. The number of carbonyl (C=O) groups is 1. The van der Waals surface area contributed by atoms with Gasteiger partial charge < -0.3 is 15.1 Å². The van der Waals surface area contributed by atoms with E-state index in [0.29, 0.717) is 5.56 Å². The number of benzene rings is 1. The Labute approximate surface area is 124 Å². The largest absolute Gasteiger partial charge is 0.478 e. The highest BCUT2D eigenvalue weighted by Crippen LogP contribution is 2.59. The maximum atomic E-state index is 11.4. The van der Waals surface area contributed by atoms with Gasteiger partial charge in [0.05, 0.1) is 11.2 Å². The quantitative estimate of drug-likeness (QED) is 0.827. The molecule has 3 aliphatic rings. The number of nitrogens with zero attached hydrogens (tertiary/aromatic N) is 1. The molecule has 1 aliphatic heterocycles. The van der Waals surface area contributed by atoms with Crippen LogP contribution >= 0.6 is 0 Å². The zero-order chi connectivity index (χ0) is 14.8. The van der Waals surface area contributed by atoms with Gasteiger partial charge in [-0.05, 0) is 69.0 Å². The molecule has 1 aromatic carbocycles. The van der Waals surface area contributed by atoms with Crippen LogP contribution in [0.15, 0.2) is 18.2 Å². The number of aromatic carboxylic acids is 1. The molecule has 1 saturated carbocycles. The smallest absolute Gasteiger partial charge is 0.335 e. The van der Waals surface area contributed by atoms with Gasteiger partial charge in [-0.25, -0.2) is 4.79 Å². The summed E-state index contributed by atoms with van der Waals surface area (Å²) in [6.07, 6.45) is 4.58. The van der Waals surface area contributed by atoms with Crippen molar-refractivity contribution < 1.29 is 15.0 Å². The molecule has 0 aromatic heterocycles. The monoisotopic (exact) mass is 287 g/mol. The molecule has 21 heavy (non-hydrogen) atoms. The van der Waals surface area contributed by atoms with Gasteiger partial charge in [0.2, 0.25) is 0 Å². The van der Waals surface area contributed by atoms with E-state index >= 15 is 0 Å². The van der Waals surface area contributed by atoms with Crippen LogP contribution < -0.4 is 0 Å². The zero-order valence-corrected chi connectivity index (χ0v) is 12.3. The normalized spacial score (nSPS) is 37.9. The molecule has 0 unspecified atom stereocenters. The highest BCUT2D eigenvalue weighted by atomic mass is 16.4. The third kappa shape index (κ3) is 1.49. The van der Waals surface area contributed by atoms with Crippen LogP contribution in [0, 0.1) is 0 Å². The van der Waals surface area contributed by atoms with Gasteiger partial charge in [-0.3, -0.25) is 0 Å². The SMILES string of the molecule is CN1CC[C@]23CCC[C@@]2(O)[C@H]1Cc1ccc(C(=O)O)cc13. The third-order valence-corrected chi connectivity index (χ3v) is 6.25. The molecule has 2 aliphatic carbocycles. The number of rotatable bonds is 1. The summed E-state index contributed by atoms with van der Waals surface area (Å²) in [6, 6.07) is 5.66. The summed E-state index contributed by atoms with van der Waals surface area (Å²) in [6.45, 7) is 0.976. The van der Waals surface area contributed by atoms with Crippen molar-refractivity contribution in [2.75, 3.05) is 13.6 Å². The van der Waals surface area contributed by atoms with Crippen LogP contribution in [0.25, 0.3) is 0 Å². The van der Waals surface area contributed by atoms with Crippen LogP contribution in [0.1, 0.15) is 47.2 Å². The molecule has 2 bridgehead atoms. The first-order valence-electron chi connectivity index (χ1n) is 7.77. The number of carboxylic acid groups (broad SMARTS) is 1. The minimum absolute atomic E-state index is 0.164. The summed E-state index contributed by atoms with van der Waals surface area (Å²) in [5.74, 6) is -0.884. The van der Waals surface area contributed by atoms with Gasteiger partial charge in [-0.15, -0.1) is 0 Å². The predicted molar refractivity (Wildman–Crippen MR) is 78.6 cm³/mol. The van der Waals surface area contributed by atoms with Gasteiger partial charge in [0.1, 0.15) is 0 Å². The summed E-state index contributed by atoms with van der Waals surface area (Å²) in [5.41, 5.74) is 1.75. The Kier molecular flexibility index (Phi) is 2.58. The Bertz CT molecular complexity index is 628. The highest BCUT2D eigenvalue weighted by Gasteiger charge is 2.64. The first kappa shape index (κ1) is 13.3. The molecule has 0 spiro atoms. The molecular weight excluding hydrogens is 266 g/mol. The van der Waals surface area contributed by atoms with E-state index in [9.17, 15) is 15.0 Å². The lowest BCUT2D eigenvalue weighted by Gasteiger charge is -2.58. The average Bonchev–Trinajstić information content (AvgIpc) is 2.82. The van der Waals surface area contributed by atoms with Crippen molar-refractivity contribution in [3.05, 3.63) is 34.9 Å². The molecule has 4 rings (SSSR count). The van der Waals surface area contributed by atoms with E-state index < -0.39 is 11.6 Å². The van der Waals surface area contributed by atoms with Crippen LogP contribution in [-0.4, -0.2) is 46.3 Å². The van der Waals surface area contributed by atoms with Crippen molar-refractivity contribution in [2.24, 2.45) is 0 Å². The minimum Gasteiger partial charge on any atom is -0.478 e. The van der Waals surface area contributed by atoms with Crippen molar-refractivity contribution >= 4 is 5.97 Å². The molecule has 2 N–H and O–H groups in total. The molecular formula is C17H21NO3. The maximum absolute atomic E-state index is 11.4. The number of hydrogen-bond donors (Lipinski definition) is 2. The van der Waals surface area contributed by atoms with Gasteiger partial charge in [0.15, 0.2) is 0 Å².